The Morgan fingerprint density at radius 1 is 1.19 bits per heavy atom. The Hall–Kier alpha value is -2.69. The number of anilines is 1. The Kier molecular flexibility index (Phi) is 3.39. The summed E-state index contributed by atoms with van der Waals surface area (Å²) in [7, 11) is 0. The second-order valence-electron chi connectivity index (χ2n) is 4.91. The van der Waals surface area contributed by atoms with E-state index in [1.165, 1.54) is 12.1 Å². The lowest BCUT2D eigenvalue weighted by molar-refractivity contribution is -0.115. The number of benzene rings is 2. The largest absolute Gasteiger partial charge is 0.348 e. The van der Waals surface area contributed by atoms with E-state index in [1.54, 1.807) is 30.3 Å². The van der Waals surface area contributed by atoms with Crippen molar-refractivity contribution in [2.75, 3.05) is 5.32 Å². The summed E-state index contributed by atoms with van der Waals surface area (Å²) in [5.74, 6) is -0.600. The molecule has 0 saturated carbocycles. The van der Waals surface area contributed by atoms with Crippen LogP contribution in [0, 0.1) is 5.82 Å². The molecule has 5 heteroatoms. The van der Waals surface area contributed by atoms with E-state index in [1.807, 2.05) is 0 Å². The Morgan fingerprint density at radius 2 is 1.95 bits per heavy atom. The van der Waals surface area contributed by atoms with E-state index in [0.717, 1.165) is 11.1 Å². The fourth-order valence-corrected chi connectivity index (χ4v) is 2.24. The molecule has 0 aliphatic carbocycles. The quantitative estimate of drug-likeness (QED) is 0.908. The van der Waals surface area contributed by atoms with Crippen LogP contribution < -0.4 is 10.6 Å². The van der Waals surface area contributed by atoms with Crippen LogP contribution >= 0.6 is 0 Å². The van der Waals surface area contributed by atoms with Crippen molar-refractivity contribution in [3.8, 4) is 0 Å². The summed E-state index contributed by atoms with van der Waals surface area (Å²) in [6.45, 7) is 0.322. The summed E-state index contributed by atoms with van der Waals surface area (Å²) in [6, 6.07) is 11.1. The van der Waals surface area contributed by atoms with Crippen LogP contribution in [-0.4, -0.2) is 11.8 Å². The number of carbonyl (C=O) groups excluding carboxylic acids is 2. The van der Waals surface area contributed by atoms with Crippen molar-refractivity contribution in [1.29, 1.82) is 0 Å². The predicted octanol–water partition coefficient (Wildman–Crippen LogP) is 2.25. The first kappa shape index (κ1) is 13.3. The molecule has 0 saturated heterocycles. The summed E-state index contributed by atoms with van der Waals surface area (Å²) in [6.07, 6.45) is 0.354. The first-order valence-electron chi connectivity index (χ1n) is 6.57. The van der Waals surface area contributed by atoms with E-state index >= 15 is 0 Å². The second-order valence-corrected chi connectivity index (χ2v) is 4.91. The lowest BCUT2D eigenvalue weighted by Crippen LogP contribution is -2.22. The highest BCUT2D eigenvalue weighted by Gasteiger charge is 2.18. The lowest BCUT2D eigenvalue weighted by atomic mass is 10.1. The minimum atomic E-state index is -0.306. The number of amides is 2. The van der Waals surface area contributed by atoms with E-state index in [-0.39, 0.29) is 17.6 Å². The third-order valence-electron chi connectivity index (χ3n) is 3.36. The van der Waals surface area contributed by atoms with Gasteiger partial charge in [-0.1, -0.05) is 18.2 Å². The average Bonchev–Trinajstić information content (AvgIpc) is 2.85. The highest BCUT2D eigenvalue weighted by Crippen LogP contribution is 2.23. The molecule has 2 aromatic carbocycles. The predicted molar refractivity (Wildman–Crippen MR) is 76.3 cm³/mol. The van der Waals surface area contributed by atoms with Crippen LogP contribution in [0.2, 0.25) is 0 Å². The molecule has 0 radical (unpaired) electrons. The van der Waals surface area contributed by atoms with Gasteiger partial charge in [0.1, 0.15) is 5.82 Å². The maximum absolute atomic E-state index is 12.8. The van der Waals surface area contributed by atoms with Crippen LogP contribution in [0.1, 0.15) is 21.5 Å². The molecule has 0 bridgehead atoms. The van der Waals surface area contributed by atoms with Crippen LogP contribution in [-0.2, 0) is 17.8 Å². The van der Waals surface area contributed by atoms with Gasteiger partial charge in [0, 0.05) is 17.8 Å². The molecule has 21 heavy (non-hydrogen) atoms. The summed E-state index contributed by atoms with van der Waals surface area (Å²) < 4.78 is 12.8. The number of halogens is 1. The van der Waals surface area contributed by atoms with Crippen molar-refractivity contribution in [3.63, 3.8) is 0 Å². The molecule has 2 aromatic rings. The molecule has 0 unspecified atom stereocenters. The van der Waals surface area contributed by atoms with Gasteiger partial charge in [-0.3, -0.25) is 9.59 Å². The molecule has 2 N–H and O–H groups in total. The van der Waals surface area contributed by atoms with Crippen molar-refractivity contribution in [2.45, 2.75) is 13.0 Å². The molecule has 1 heterocycles. The van der Waals surface area contributed by atoms with Crippen molar-refractivity contribution in [1.82, 2.24) is 5.32 Å². The number of carbonyl (C=O) groups is 2. The van der Waals surface area contributed by atoms with Gasteiger partial charge in [0.15, 0.2) is 0 Å². The van der Waals surface area contributed by atoms with E-state index < -0.39 is 0 Å². The van der Waals surface area contributed by atoms with Gasteiger partial charge in [-0.05, 0) is 35.4 Å². The monoisotopic (exact) mass is 284 g/mol. The molecule has 4 nitrogen and oxygen atoms in total. The van der Waals surface area contributed by atoms with Crippen LogP contribution in [0.4, 0.5) is 10.1 Å². The van der Waals surface area contributed by atoms with Crippen molar-refractivity contribution in [3.05, 3.63) is 65.0 Å². The van der Waals surface area contributed by atoms with E-state index in [4.69, 9.17) is 0 Å². The number of nitrogens with one attached hydrogen (secondary N) is 2. The van der Waals surface area contributed by atoms with Gasteiger partial charge >= 0.3 is 0 Å². The highest BCUT2D eigenvalue weighted by molar-refractivity contribution is 6.02. The first-order valence-corrected chi connectivity index (χ1v) is 6.57. The molecule has 3 rings (SSSR count). The van der Waals surface area contributed by atoms with Crippen molar-refractivity contribution < 1.29 is 14.0 Å². The Balaban J connectivity index is 1.67. The van der Waals surface area contributed by atoms with Gasteiger partial charge in [0.05, 0.1) is 6.42 Å². The topological polar surface area (TPSA) is 58.2 Å². The van der Waals surface area contributed by atoms with Crippen molar-refractivity contribution in [2.24, 2.45) is 0 Å². The number of fused-ring (bicyclic) bond motifs is 1. The zero-order valence-electron chi connectivity index (χ0n) is 11.2. The molecular weight excluding hydrogens is 271 g/mol. The molecule has 0 aromatic heterocycles. The minimum absolute atomic E-state index is 0.0612. The number of rotatable bonds is 3. The first-order chi connectivity index (χ1) is 10.1. The summed E-state index contributed by atoms with van der Waals surface area (Å²) in [5.41, 5.74) is 2.89. The van der Waals surface area contributed by atoms with Gasteiger partial charge in [0.2, 0.25) is 5.91 Å². The Labute approximate surface area is 121 Å². The minimum Gasteiger partial charge on any atom is -0.348 e. The van der Waals surface area contributed by atoms with E-state index in [2.05, 4.69) is 10.6 Å². The molecule has 1 aliphatic heterocycles. The fraction of sp³-hybridized carbons (Fsp3) is 0.125. The number of hydrogen-bond acceptors (Lipinski definition) is 2. The molecule has 0 spiro atoms. The SMILES string of the molecule is O=C1Cc2ccc(C(=O)NCc3ccc(F)cc3)cc2N1. The van der Waals surface area contributed by atoms with Crippen LogP contribution in [0.25, 0.3) is 0 Å². The van der Waals surface area contributed by atoms with Crippen LogP contribution in [0.3, 0.4) is 0 Å². The average molecular weight is 284 g/mol. The second kappa shape index (κ2) is 5.36. The normalized spacial score (nSPS) is 12.7. The number of hydrogen-bond donors (Lipinski definition) is 2. The molecule has 0 atom stereocenters. The van der Waals surface area contributed by atoms with E-state index in [0.29, 0.717) is 24.2 Å². The van der Waals surface area contributed by atoms with Crippen LogP contribution in [0.5, 0.6) is 0 Å². The molecular formula is C16H13FN2O2. The molecule has 106 valence electrons. The van der Waals surface area contributed by atoms with Gasteiger partial charge < -0.3 is 10.6 Å². The maximum atomic E-state index is 12.8. The van der Waals surface area contributed by atoms with Gasteiger partial charge in [-0.25, -0.2) is 4.39 Å². The Morgan fingerprint density at radius 3 is 2.71 bits per heavy atom. The van der Waals surface area contributed by atoms with Gasteiger partial charge in [-0.2, -0.15) is 0 Å². The van der Waals surface area contributed by atoms with Crippen molar-refractivity contribution >= 4 is 17.5 Å². The fourth-order valence-electron chi connectivity index (χ4n) is 2.24. The zero-order chi connectivity index (χ0) is 14.8. The van der Waals surface area contributed by atoms with E-state index in [9.17, 15) is 14.0 Å². The highest BCUT2D eigenvalue weighted by atomic mass is 19.1. The van der Waals surface area contributed by atoms with Crippen LogP contribution in [0.15, 0.2) is 42.5 Å². The van der Waals surface area contributed by atoms with Gasteiger partial charge in [-0.15, -0.1) is 0 Å². The third-order valence-corrected chi connectivity index (χ3v) is 3.36. The standard InChI is InChI=1S/C16H13FN2O2/c17-13-5-1-10(2-6-13)9-18-16(21)12-4-3-11-8-15(20)19-14(11)7-12/h1-7H,8-9H2,(H,18,21)(H,19,20). The maximum Gasteiger partial charge on any atom is 0.251 e. The molecule has 0 fully saturated rings. The Bertz CT molecular complexity index is 711. The third kappa shape index (κ3) is 2.91. The summed E-state index contributed by atoms with van der Waals surface area (Å²) in [4.78, 5) is 23.3. The summed E-state index contributed by atoms with van der Waals surface area (Å²) in [5, 5.41) is 5.48. The molecule has 1 aliphatic rings. The van der Waals surface area contributed by atoms with Gasteiger partial charge in [0.25, 0.3) is 5.91 Å². The zero-order valence-corrected chi connectivity index (χ0v) is 11.2. The molecule has 2 amide bonds. The smallest absolute Gasteiger partial charge is 0.251 e. The summed E-state index contributed by atoms with van der Waals surface area (Å²) >= 11 is 0. The lowest BCUT2D eigenvalue weighted by Gasteiger charge is -2.07.